The number of amides is 1. The second-order valence-corrected chi connectivity index (χ2v) is 11.1. The van der Waals surface area contributed by atoms with Gasteiger partial charge in [0, 0.05) is 26.6 Å². The van der Waals surface area contributed by atoms with Crippen molar-refractivity contribution in [3.8, 4) is 0 Å². The molecule has 0 N–H and O–H groups in total. The van der Waals surface area contributed by atoms with Crippen molar-refractivity contribution in [1.29, 1.82) is 0 Å². The molecule has 0 radical (unpaired) electrons. The molecule has 2 aromatic carbocycles. The number of benzene rings is 2. The summed E-state index contributed by atoms with van der Waals surface area (Å²) in [5.74, 6) is 0.854. The average molecular weight is 452 g/mol. The Morgan fingerprint density at radius 3 is 2.41 bits per heavy atom. The van der Waals surface area contributed by atoms with Gasteiger partial charge < -0.3 is 9.64 Å². The number of nitrogens with zero attached hydrogens (tertiary/aromatic N) is 1. The van der Waals surface area contributed by atoms with Gasteiger partial charge in [0.1, 0.15) is 12.7 Å². The maximum absolute atomic E-state index is 13.0. The van der Waals surface area contributed by atoms with Gasteiger partial charge in [-0.2, -0.15) is 11.8 Å². The van der Waals surface area contributed by atoms with Crippen LogP contribution in [0, 0.1) is 0 Å². The lowest BCUT2D eigenvalue weighted by atomic mass is 9.92. The fraction of sp³-hybridized carbons (Fsp3) is 0.435. The van der Waals surface area contributed by atoms with E-state index >= 15 is 0 Å². The lowest BCUT2D eigenvalue weighted by Crippen LogP contribution is -2.50. The average Bonchev–Trinajstić information content (AvgIpc) is 2.66. The van der Waals surface area contributed by atoms with Crippen molar-refractivity contribution in [2.45, 2.75) is 50.6 Å². The van der Waals surface area contributed by atoms with Crippen LogP contribution in [0.3, 0.4) is 0 Å². The quantitative estimate of drug-likeness (QED) is 0.515. The maximum atomic E-state index is 13.0. The van der Waals surface area contributed by atoms with E-state index in [1.807, 2.05) is 65.2 Å². The van der Waals surface area contributed by atoms with E-state index in [0.717, 1.165) is 16.9 Å². The Morgan fingerprint density at radius 2 is 1.79 bits per heavy atom. The number of rotatable bonds is 5. The fourth-order valence-electron chi connectivity index (χ4n) is 3.56. The molecule has 0 unspecified atom stereocenters. The Balaban J connectivity index is 2.00. The number of carbonyl (C=O) groups excluding carboxylic acids is 1. The van der Waals surface area contributed by atoms with Gasteiger partial charge in [-0.05, 0) is 42.3 Å². The lowest BCUT2D eigenvalue weighted by Gasteiger charge is -2.45. The molecule has 1 saturated heterocycles. The smallest absolute Gasteiger partial charge is 0.249 e. The first-order chi connectivity index (χ1) is 13.7. The van der Waals surface area contributed by atoms with Crippen LogP contribution >= 0.6 is 35.0 Å². The molecule has 1 aliphatic heterocycles. The second kappa shape index (κ2) is 9.30. The summed E-state index contributed by atoms with van der Waals surface area (Å²) in [6.45, 7) is 8.75. The maximum Gasteiger partial charge on any atom is 0.249 e. The van der Waals surface area contributed by atoms with Crippen molar-refractivity contribution >= 4 is 40.9 Å². The van der Waals surface area contributed by atoms with E-state index in [9.17, 15) is 4.79 Å². The largest absolute Gasteiger partial charge is 0.361 e. The Bertz CT molecular complexity index is 851. The summed E-state index contributed by atoms with van der Waals surface area (Å²) in [6, 6.07) is 15.2. The Hall–Kier alpha value is -1.20. The van der Waals surface area contributed by atoms with Gasteiger partial charge in [-0.1, -0.05) is 68.2 Å². The monoisotopic (exact) mass is 451 g/mol. The van der Waals surface area contributed by atoms with Crippen LogP contribution in [-0.4, -0.2) is 34.0 Å². The van der Waals surface area contributed by atoms with Crippen LogP contribution in [0.25, 0.3) is 0 Å². The summed E-state index contributed by atoms with van der Waals surface area (Å²) in [5.41, 5.74) is 1.96. The molecule has 3 atom stereocenters. The minimum atomic E-state index is -0.297. The molecular weight excluding hydrogens is 425 g/mol. The molecule has 2 aromatic rings. The predicted octanol–water partition coefficient (Wildman–Crippen LogP) is 6.55. The normalized spacial score (nSPS) is 21.3. The van der Waals surface area contributed by atoms with Gasteiger partial charge in [0.05, 0.1) is 6.04 Å². The molecule has 0 bridgehead atoms. The highest BCUT2D eigenvalue weighted by atomic mass is 35.5. The van der Waals surface area contributed by atoms with E-state index in [1.54, 1.807) is 0 Å². The Labute approximate surface area is 187 Å². The number of hydrogen-bond donors (Lipinski definition) is 0. The van der Waals surface area contributed by atoms with Crippen molar-refractivity contribution < 1.29 is 9.53 Å². The van der Waals surface area contributed by atoms with Gasteiger partial charge in [0.15, 0.2) is 0 Å². The zero-order valence-electron chi connectivity index (χ0n) is 17.2. The number of hydrogen-bond acceptors (Lipinski definition) is 3. The highest BCUT2D eigenvalue weighted by Crippen LogP contribution is 2.42. The molecule has 156 valence electrons. The van der Waals surface area contributed by atoms with Gasteiger partial charge in [-0.25, -0.2) is 0 Å². The van der Waals surface area contributed by atoms with Gasteiger partial charge in [0.2, 0.25) is 5.91 Å². The van der Waals surface area contributed by atoms with Crippen molar-refractivity contribution in [1.82, 2.24) is 4.90 Å². The Kier molecular flexibility index (Phi) is 7.21. The fourth-order valence-corrected chi connectivity index (χ4v) is 4.78. The molecule has 0 aliphatic carbocycles. The molecule has 1 fully saturated rings. The molecule has 1 aliphatic rings. The lowest BCUT2D eigenvalue weighted by molar-refractivity contribution is -0.161. The number of thioether (sulfide) groups is 1. The van der Waals surface area contributed by atoms with Crippen molar-refractivity contribution in [2.75, 3.05) is 12.4 Å². The van der Waals surface area contributed by atoms with Gasteiger partial charge in [-0.3, -0.25) is 4.79 Å². The molecular formula is C23H27Cl2NO2S. The van der Waals surface area contributed by atoms with Gasteiger partial charge >= 0.3 is 0 Å². The minimum Gasteiger partial charge on any atom is -0.361 e. The molecule has 1 heterocycles. The van der Waals surface area contributed by atoms with Crippen molar-refractivity contribution in [3.63, 3.8) is 0 Å². The zero-order chi connectivity index (χ0) is 21.2. The summed E-state index contributed by atoms with van der Waals surface area (Å²) in [5, 5.41) is 1.32. The highest BCUT2D eigenvalue weighted by Gasteiger charge is 2.41. The van der Waals surface area contributed by atoms with E-state index in [1.165, 1.54) is 0 Å². The molecule has 0 aromatic heterocycles. The SMILES string of the molecule is C[C@@H](CSC(C)(C)C)N1C(=O)CO[C@H](c2cccc(Cl)c2)[C@H]1c1ccc(Cl)cc1. The molecule has 0 saturated carbocycles. The van der Waals surface area contributed by atoms with Crippen LogP contribution < -0.4 is 0 Å². The van der Waals surface area contributed by atoms with Crippen molar-refractivity contribution in [2.24, 2.45) is 0 Å². The van der Waals surface area contributed by atoms with E-state index in [-0.39, 0.29) is 35.4 Å². The second-order valence-electron chi connectivity index (χ2n) is 8.36. The first-order valence-corrected chi connectivity index (χ1v) is 11.5. The van der Waals surface area contributed by atoms with E-state index in [0.29, 0.717) is 10.0 Å². The van der Waals surface area contributed by atoms with Gasteiger partial charge in [-0.15, -0.1) is 0 Å². The molecule has 1 amide bonds. The summed E-state index contributed by atoms with van der Waals surface area (Å²) >= 11 is 14.2. The summed E-state index contributed by atoms with van der Waals surface area (Å²) < 4.78 is 6.20. The molecule has 3 rings (SSSR count). The first-order valence-electron chi connectivity index (χ1n) is 9.73. The number of carbonyl (C=O) groups is 1. The van der Waals surface area contributed by atoms with Crippen LogP contribution in [0.1, 0.15) is 51.0 Å². The minimum absolute atomic E-state index is 0.00485. The number of ether oxygens (including phenoxy) is 1. The summed E-state index contributed by atoms with van der Waals surface area (Å²) in [6.07, 6.45) is -0.297. The zero-order valence-corrected chi connectivity index (χ0v) is 19.5. The van der Waals surface area contributed by atoms with Crippen LogP contribution in [0.5, 0.6) is 0 Å². The van der Waals surface area contributed by atoms with Gasteiger partial charge in [0.25, 0.3) is 0 Å². The Morgan fingerprint density at radius 1 is 1.10 bits per heavy atom. The first kappa shape index (κ1) is 22.5. The van der Waals surface area contributed by atoms with Crippen LogP contribution in [0.15, 0.2) is 48.5 Å². The summed E-state index contributed by atoms with van der Waals surface area (Å²) in [7, 11) is 0. The standard InChI is InChI=1S/C23H27Cl2NO2S/c1-15(14-29-23(2,3)4)26-20(27)13-28-22(17-6-5-7-19(25)12-17)21(26)16-8-10-18(24)11-9-16/h5-12,15,21-22H,13-14H2,1-4H3/t15-,21+,22+/m0/s1. The predicted molar refractivity (Wildman–Crippen MR) is 123 cm³/mol. The molecule has 0 spiro atoms. The molecule has 29 heavy (non-hydrogen) atoms. The van der Waals surface area contributed by atoms with E-state index in [2.05, 4.69) is 27.7 Å². The summed E-state index contributed by atoms with van der Waals surface area (Å²) in [4.78, 5) is 15.0. The van der Waals surface area contributed by atoms with Crippen molar-refractivity contribution in [3.05, 3.63) is 69.7 Å². The molecule has 6 heteroatoms. The van der Waals surface area contributed by atoms with E-state index < -0.39 is 0 Å². The third-order valence-electron chi connectivity index (χ3n) is 4.88. The third kappa shape index (κ3) is 5.69. The van der Waals surface area contributed by atoms with Crippen LogP contribution in [0.2, 0.25) is 10.0 Å². The third-order valence-corrected chi connectivity index (χ3v) is 6.88. The number of morpholine rings is 1. The van der Waals surface area contributed by atoms with E-state index in [4.69, 9.17) is 27.9 Å². The molecule has 3 nitrogen and oxygen atoms in total. The van der Waals surface area contributed by atoms with Crippen LogP contribution in [0.4, 0.5) is 0 Å². The highest BCUT2D eigenvalue weighted by molar-refractivity contribution is 8.00. The topological polar surface area (TPSA) is 29.5 Å². The number of halogens is 2. The van der Waals surface area contributed by atoms with Crippen LogP contribution in [-0.2, 0) is 9.53 Å².